The first kappa shape index (κ1) is 12.6. The number of nitrogens with one attached hydrogen (secondary N) is 1. The minimum atomic E-state index is -0.278. The summed E-state index contributed by atoms with van der Waals surface area (Å²) < 4.78 is 0.682. The first-order chi connectivity index (χ1) is 8.54. The Morgan fingerprint density at radius 1 is 1.22 bits per heavy atom. The lowest BCUT2D eigenvalue weighted by molar-refractivity contribution is 0.102. The average Bonchev–Trinajstić information content (AvgIpc) is 2.28. The zero-order valence-electron chi connectivity index (χ0n) is 9.94. The van der Waals surface area contributed by atoms with Crippen LogP contribution in [0.25, 0.3) is 0 Å². The first-order valence-corrected chi connectivity index (χ1v) is 6.09. The van der Waals surface area contributed by atoms with Gasteiger partial charge < -0.3 is 0 Å². The van der Waals surface area contributed by atoms with E-state index in [-0.39, 0.29) is 5.91 Å². The highest BCUT2D eigenvalue weighted by Gasteiger charge is 2.08. The van der Waals surface area contributed by atoms with Crippen LogP contribution in [0.1, 0.15) is 21.7 Å². The number of nitrogens with zero attached hydrogens (tertiary/aromatic N) is 3. The third-order valence-electron chi connectivity index (χ3n) is 2.20. The number of aryl methyl sites for hydroxylation is 2. The number of aromatic nitrogens is 3. The van der Waals surface area contributed by atoms with E-state index in [0.29, 0.717) is 16.1 Å². The van der Waals surface area contributed by atoms with Crippen LogP contribution >= 0.6 is 15.9 Å². The molecule has 2 heterocycles. The van der Waals surface area contributed by atoms with Crippen molar-refractivity contribution in [3.8, 4) is 0 Å². The molecular weight excluding hydrogens is 296 g/mol. The second-order valence-corrected chi connectivity index (χ2v) is 4.61. The second kappa shape index (κ2) is 5.22. The molecule has 0 bridgehead atoms. The van der Waals surface area contributed by atoms with Crippen LogP contribution in [-0.4, -0.2) is 20.9 Å². The van der Waals surface area contributed by atoms with E-state index >= 15 is 0 Å². The molecule has 0 saturated carbocycles. The normalized spacial score (nSPS) is 10.2. The van der Waals surface area contributed by atoms with Gasteiger partial charge in [-0.05, 0) is 48.0 Å². The van der Waals surface area contributed by atoms with Crippen molar-refractivity contribution in [3.05, 3.63) is 46.0 Å². The molecule has 0 atom stereocenters. The minimum absolute atomic E-state index is 0.278. The fourth-order valence-corrected chi connectivity index (χ4v) is 1.70. The fourth-order valence-electron chi connectivity index (χ4n) is 1.47. The van der Waals surface area contributed by atoms with E-state index in [4.69, 9.17) is 0 Å². The molecule has 0 spiro atoms. The van der Waals surface area contributed by atoms with Gasteiger partial charge in [-0.25, -0.2) is 15.0 Å². The van der Waals surface area contributed by atoms with Crippen LogP contribution in [0, 0.1) is 13.8 Å². The molecule has 18 heavy (non-hydrogen) atoms. The first-order valence-electron chi connectivity index (χ1n) is 5.30. The van der Waals surface area contributed by atoms with Crippen molar-refractivity contribution in [1.82, 2.24) is 15.0 Å². The van der Waals surface area contributed by atoms with Gasteiger partial charge in [0.05, 0.1) is 5.56 Å². The second-order valence-electron chi connectivity index (χ2n) is 3.80. The van der Waals surface area contributed by atoms with Crippen LogP contribution in [0.3, 0.4) is 0 Å². The summed E-state index contributed by atoms with van der Waals surface area (Å²) >= 11 is 3.21. The predicted octanol–water partition coefficient (Wildman–Crippen LogP) is 2.50. The Bertz CT molecular complexity index is 563. The van der Waals surface area contributed by atoms with E-state index in [0.717, 1.165) is 11.4 Å². The highest BCUT2D eigenvalue weighted by Crippen LogP contribution is 2.09. The minimum Gasteiger partial charge on any atom is -0.290 e. The summed E-state index contributed by atoms with van der Waals surface area (Å²) in [5, 5.41) is 2.64. The Morgan fingerprint density at radius 3 is 2.44 bits per heavy atom. The van der Waals surface area contributed by atoms with Crippen molar-refractivity contribution < 1.29 is 4.79 Å². The average molecular weight is 307 g/mol. The van der Waals surface area contributed by atoms with Gasteiger partial charge in [0.15, 0.2) is 0 Å². The summed E-state index contributed by atoms with van der Waals surface area (Å²) in [5.41, 5.74) is 2.08. The van der Waals surface area contributed by atoms with Crippen LogP contribution in [0.5, 0.6) is 0 Å². The van der Waals surface area contributed by atoms with Crippen molar-refractivity contribution in [2.24, 2.45) is 0 Å². The Hall–Kier alpha value is -1.82. The summed E-state index contributed by atoms with van der Waals surface area (Å²) in [5.74, 6) is 0.0282. The molecule has 2 aromatic rings. The largest absolute Gasteiger partial charge is 0.290 e. The highest BCUT2D eigenvalue weighted by molar-refractivity contribution is 9.10. The standard InChI is InChI=1S/C12H11BrN4O/c1-7-5-8(2)16-12(15-7)17-11(18)9-3-4-10(13)14-6-9/h3-6H,1-2H3,(H,15,16,17,18). The van der Waals surface area contributed by atoms with E-state index in [2.05, 4.69) is 36.2 Å². The van der Waals surface area contributed by atoms with Gasteiger partial charge in [-0.1, -0.05) is 0 Å². The lowest BCUT2D eigenvalue weighted by Crippen LogP contribution is -2.15. The van der Waals surface area contributed by atoms with Crippen LogP contribution in [-0.2, 0) is 0 Å². The molecule has 0 unspecified atom stereocenters. The molecule has 6 heteroatoms. The molecule has 0 radical (unpaired) electrons. The number of halogens is 1. The van der Waals surface area contributed by atoms with E-state index in [1.165, 1.54) is 6.20 Å². The Morgan fingerprint density at radius 2 is 1.89 bits per heavy atom. The molecule has 2 aromatic heterocycles. The molecule has 2 rings (SSSR count). The number of anilines is 1. The maximum Gasteiger partial charge on any atom is 0.259 e. The van der Waals surface area contributed by atoms with Gasteiger partial charge in [-0.3, -0.25) is 10.1 Å². The van der Waals surface area contributed by atoms with Gasteiger partial charge in [0.1, 0.15) is 4.60 Å². The topological polar surface area (TPSA) is 67.8 Å². The summed E-state index contributed by atoms with van der Waals surface area (Å²) in [6, 6.07) is 5.23. The number of carbonyl (C=O) groups excluding carboxylic acids is 1. The summed E-state index contributed by atoms with van der Waals surface area (Å²) in [7, 11) is 0. The number of rotatable bonds is 2. The number of hydrogen-bond donors (Lipinski definition) is 1. The van der Waals surface area contributed by atoms with E-state index < -0.39 is 0 Å². The third kappa shape index (κ3) is 3.10. The van der Waals surface area contributed by atoms with Gasteiger partial charge in [0.25, 0.3) is 5.91 Å². The predicted molar refractivity (Wildman–Crippen MR) is 71.4 cm³/mol. The Labute approximate surface area is 113 Å². The fraction of sp³-hybridized carbons (Fsp3) is 0.167. The molecule has 92 valence electrons. The quantitative estimate of drug-likeness (QED) is 0.866. The molecule has 0 aromatic carbocycles. The van der Waals surface area contributed by atoms with Crippen LogP contribution < -0.4 is 5.32 Å². The van der Waals surface area contributed by atoms with Crippen LogP contribution in [0.15, 0.2) is 29.0 Å². The lowest BCUT2D eigenvalue weighted by Gasteiger charge is -2.05. The van der Waals surface area contributed by atoms with Crippen molar-refractivity contribution in [1.29, 1.82) is 0 Å². The summed E-state index contributed by atoms with van der Waals surface area (Å²) in [6.45, 7) is 3.71. The van der Waals surface area contributed by atoms with Crippen molar-refractivity contribution in [2.75, 3.05) is 5.32 Å². The van der Waals surface area contributed by atoms with Gasteiger partial charge in [0, 0.05) is 17.6 Å². The number of pyridine rings is 1. The Kier molecular flexibility index (Phi) is 3.66. The van der Waals surface area contributed by atoms with Gasteiger partial charge >= 0.3 is 0 Å². The van der Waals surface area contributed by atoms with Crippen LogP contribution in [0.4, 0.5) is 5.95 Å². The highest BCUT2D eigenvalue weighted by atomic mass is 79.9. The molecule has 0 saturated heterocycles. The molecule has 5 nitrogen and oxygen atoms in total. The van der Waals surface area contributed by atoms with Crippen molar-refractivity contribution in [2.45, 2.75) is 13.8 Å². The zero-order chi connectivity index (χ0) is 13.1. The molecule has 1 N–H and O–H groups in total. The van der Waals surface area contributed by atoms with Crippen molar-refractivity contribution >= 4 is 27.8 Å². The molecule has 0 aliphatic rings. The lowest BCUT2D eigenvalue weighted by atomic mass is 10.3. The molecule has 0 fully saturated rings. The van der Waals surface area contributed by atoms with Crippen LogP contribution in [0.2, 0.25) is 0 Å². The summed E-state index contributed by atoms with van der Waals surface area (Å²) in [4.78, 5) is 24.2. The third-order valence-corrected chi connectivity index (χ3v) is 2.67. The Balaban J connectivity index is 2.18. The van der Waals surface area contributed by atoms with E-state index in [9.17, 15) is 4.79 Å². The molecule has 1 amide bonds. The van der Waals surface area contributed by atoms with Gasteiger partial charge in [0.2, 0.25) is 5.95 Å². The molecular formula is C12H11BrN4O. The monoisotopic (exact) mass is 306 g/mol. The van der Waals surface area contributed by atoms with Gasteiger partial charge in [-0.2, -0.15) is 0 Å². The van der Waals surface area contributed by atoms with Crippen molar-refractivity contribution in [3.63, 3.8) is 0 Å². The number of carbonyl (C=O) groups is 1. The zero-order valence-corrected chi connectivity index (χ0v) is 11.5. The smallest absolute Gasteiger partial charge is 0.259 e. The number of hydrogen-bond acceptors (Lipinski definition) is 4. The van der Waals surface area contributed by atoms with E-state index in [1.807, 2.05) is 19.9 Å². The molecule has 0 aliphatic carbocycles. The maximum atomic E-state index is 11.9. The summed E-state index contributed by atoms with van der Waals surface area (Å²) in [6.07, 6.45) is 1.49. The maximum absolute atomic E-state index is 11.9. The van der Waals surface area contributed by atoms with E-state index in [1.54, 1.807) is 12.1 Å². The van der Waals surface area contributed by atoms with Gasteiger partial charge in [-0.15, -0.1) is 0 Å². The molecule has 0 aliphatic heterocycles. The number of amides is 1. The SMILES string of the molecule is Cc1cc(C)nc(NC(=O)c2ccc(Br)nc2)n1.